The second kappa shape index (κ2) is 5.27. The van der Waals surface area contributed by atoms with Crippen LogP contribution in [-0.4, -0.2) is 8.76 Å². The second-order valence-electron chi connectivity index (χ2n) is 2.87. The third kappa shape index (κ3) is 2.89. The molecular formula is C9H11NaO2S. The van der Waals surface area contributed by atoms with E-state index in [1.54, 1.807) is 6.07 Å². The molecule has 2 nitrogen and oxygen atoms in total. The zero-order valence-electron chi connectivity index (χ0n) is 8.38. The summed E-state index contributed by atoms with van der Waals surface area (Å²) in [6.45, 7) is 5.73. The van der Waals surface area contributed by atoms with Crippen molar-refractivity contribution in [1.29, 1.82) is 0 Å². The van der Waals surface area contributed by atoms with Crippen LogP contribution in [0.15, 0.2) is 17.0 Å². The van der Waals surface area contributed by atoms with E-state index in [-0.39, 0.29) is 29.6 Å². The Morgan fingerprint density at radius 1 is 1.15 bits per heavy atom. The van der Waals surface area contributed by atoms with Crippen molar-refractivity contribution in [3.05, 3.63) is 28.8 Å². The summed E-state index contributed by atoms with van der Waals surface area (Å²) in [5, 5.41) is 0. The summed E-state index contributed by atoms with van der Waals surface area (Å²) in [5.74, 6) is 0. The third-order valence-corrected chi connectivity index (χ3v) is 2.99. The molecule has 1 unspecified atom stereocenters. The number of aryl methyl sites for hydroxylation is 1. The van der Waals surface area contributed by atoms with E-state index in [9.17, 15) is 8.76 Å². The summed E-state index contributed by atoms with van der Waals surface area (Å²) in [7, 11) is 0. The molecule has 66 valence electrons. The molecule has 0 fully saturated rings. The Kier molecular flexibility index (Phi) is 5.40. The van der Waals surface area contributed by atoms with Gasteiger partial charge in [0.1, 0.15) is 0 Å². The van der Waals surface area contributed by atoms with Crippen molar-refractivity contribution < 1.29 is 38.3 Å². The number of hydrogen-bond acceptors (Lipinski definition) is 2. The van der Waals surface area contributed by atoms with Gasteiger partial charge < -0.3 is 4.55 Å². The first kappa shape index (κ1) is 13.3. The van der Waals surface area contributed by atoms with Gasteiger partial charge in [-0.3, -0.25) is 4.21 Å². The van der Waals surface area contributed by atoms with Crippen LogP contribution in [0.25, 0.3) is 0 Å². The van der Waals surface area contributed by atoms with Crippen molar-refractivity contribution in [3.8, 4) is 0 Å². The molecular weight excluding hydrogens is 195 g/mol. The van der Waals surface area contributed by atoms with E-state index in [2.05, 4.69) is 0 Å². The fraction of sp³-hybridized carbons (Fsp3) is 0.333. The molecule has 0 saturated heterocycles. The predicted molar refractivity (Wildman–Crippen MR) is 47.8 cm³/mol. The summed E-state index contributed by atoms with van der Waals surface area (Å²) in [5.41, 5.74) is 3.03. The van der Waals surface area contributed by atoms with Crippen LogP contribution >= 0.6 is 0 Å². The fourth-order valence-electron chi connectivity index (χ4n) is 1.11. The summed E-state index contributed by atoms with van der Waals surface area (Å²) >= 11 is -2.11. The molecule has 1 aromatic carbocycles. The van der Waals surface area contributed by atoms with Crippen LogP contribution in [0.5, 0.6) is 0 Å². The van der Waals surface area contributed by atoms with Crippen LogP contribution in [0.4, 0.5) is 0 Å². The topological polar surface area (TPSA) is 40.1 Å². The molecule has 4 heteroatoms. The smallest absolute Gasteiger partial charge is 0.768 e. The first-order chi connectivity index (χ1) is 5.54. The Morgan fingerprint density at radius 3 is 2.15 bits per heavy atom. The van der Waals surface area contributed by atoms with Crippen molar-refractivity contribution in [2.75, 3.05) is 0 Å². The Labute approximate surface area is 103 Å². The first-order valence-corrected chi connectivity index (χ1v) is 4.77. The van der Waals surface area contributed by atoms with Crippen molar-refractivity contribution in [1.82, 2.24) is 0 Å². The molecule has 0 N–H and O–H groups in total. The molecule has 1 rings (SSSR count). The average molecular weight is 206 g/mol. The fourth-order valence-corrected chi connectivity index (χ4v) is 1.69. The average Bonchev–Trinajstić information content (AvgIpc) is 2.00. The van der Waals surface area contributed by atoms with E-state index in [0.717, 1.165) is 16.7 Å². The minimum absolute atomic E-state index is 0. The number of hydrogen-bond donors (Lipinski definition) is 0. The maximum absolute atomic E-state index is 10.7. The molecule has 0 spiro atoms. The zero-order chi connectivity index (χ0) is 9.30. The minimum Gasteiger partial charge on any atom is -0.768 e. The Bertz CT molecular complexity index is 337. The molecule has 0 bridgehead atoms. The van der Waals surface area contributed by atoms with E-state index in [1.165, 1.54) is 0 Å². The van der Waals surface area contributed by atoms with Crippen LogP contribution in [-0.2, 0) is 11.1 Å². The molecule has 0 aromatic heterocycles. The quantitative estimate of drug-likeness (QED) is 0.430. The van der Waals surface area contributed by atoms with Gasteiger partial charge in [0.25, 0.3) is 0 Å². The van der Waals surface area contributed by atoms with Crippen LogP contribution in [0.1, 0.15) is 16.7 Å². The summed E-state index contributed by atoms with van der Waals surface area (Å²) in [4.78, 5) is 0.401. The second-order valence-corrected chi connectivity index (χ2v) is 3.77. The molecule has 13 heavy (non-hydrogen) atoms. The van der Waals surface area contributed by atoms with Gasteiger partial charge in [-0.15, -0.1) is 0 Å². The van der Waals surface area contributed by atoms with Gasteiger partial charge in [-0.25, -0.2) is 0 Å². The third-order valence-electron chi connectivity index (χ3n) is 2.19. The largest absolute Gasteiger partial charge is 1.00 e. The SMILES string of the molecule is Cc1ccc(S(=O)[O-])c(C)c1C.[Na+]. The Balaban J connectivity index is 0.00000144. The standard InChI is InChI=1S/C9H12O2S.Na/c1-6-4-5-9(12(10)11)8(3)7(6)2;/h4-5H,1-3H3,(H,10,11);/q;+1/p-1. The van der Waals surface area contributed by atoms with Gasteiger partial charge in [-0.2, -0.15) is 0 Å². The molecule has 1 atom stereocenters. The molecule has 1 aromatic rings. The van der Waals surface area contributed by atoms with E-state index < -0.39 is 11.1 Å². The van der Waals surface area contributed by atoms with Crippen LogP contribution in [0.2, 0.25) is 0 Å². The van der Waals surface area contributed by atoms with E-state index >= 15 is 0 Å². The van der Waals surface area contributed by atoms with Gasteiger partial charge in [0.05, 0.1) is 0 Å². The maximum atomic E-state index is 10.7. The molecule has 0 saturated carbocycles. The van der Waals surface area contributed by atoms with Crippen molar-refractivity contribution in [2.45, 2.75) is 25.7 Å². The summed E-state index contributed by atoms with van der Waals surface area (Å²) < 4.78 is 21.4. The van der Waals surface area contributed by atoms with Crippen molar-refractivity contribution >= 4 is 11.1 Å². The van der Waals surface area contributed by atoms with E-state index in [1.807, 2.05) is 26.8 Å². The van der Waals surface area contributed by atoms with Gasteiger partial charge in [-0.05, 0) is 54.6 Å². The van der Waals surface area contributed by atoms with Crippen LogP contribution < -0.4 is 29.6 Å². The molecule has 0 amide bonds. The van der Waals surface area contributed by atoms with Gasteiger partial charge >= 0.3 is 29.6 Å². The summed E-state index contributed by atoms with van der Waals surface area (Å²) in [6, 6.07) is 3.47. The number of rotatable bonds is 1. The van der Waals surface area contributed by atoms with Crippen molar-refractivity contribution in [3.63, 3.8) is 0 Å². The summed E-state index contributed by atoms with van der Waals surface area (Å²) in [6.07, 6.45) is 0. The molecule has 0 aliphatic rings. The normalized spacial score (nSPS) is 12.0. The maximum Gasteiger partial charge on any atom is 1.00 e. The molecule has 0 aliphatic heterocycles. The molecule has 0 aliphatic carbocycles. The first-order valence-electron chi connectivity index (χ1n) is 3.70. The Morgan fingerprint density at radius 2 is 1.69 bits per heavy atom. The van der Waals surface area contributed by atoms with E-state index in [0.29, 0.717) is 4.90 Å². The minimum atomic E-state index is -2.11. The van der Waals surface area contributed by atoms with Gasteiger partial charge in [0.15, 0.2) is 0 Å². The van der Waals surface area contributed by atoms with Gasteiger partial charge in [0.2, 0.25) is 0 Å². The monoisotopic (exact) mass is 206 g/mol. The van der Waals surface area contributed by atoms with E-state index in [4.69, 9.17) is 0 Å². The Hall–Kier alpha value is 0.330. The molecule has 0 heterocycles. The zero-order valence-corrected chi connectivity index (χ0v) is 11.2. The predicted octanol–water partition coefficient (Wildman–Crippen LogP) is -1.15. The van der Waals surface area contributed by atoms with Crippen molar-refractivity contribution in [2.24, 2.45) is 0 Å². The van der Waals surface area contributed by atoms with Gasteiger partial charge in [0, 0.05) is 4.90 Å². The van der Waals surface area contributed by atoms with Crippen LogP contribution in [0.3, 0.4) is 0 Å². The van der Waals surface area contributed by atoms with Gasteiger partial charge in [-0.1, -0.05) is 6.07 Å². The van der Waals surface area contributed by atoms with Crippen LogP contribution in [0, 0.1) is 20.8 Å². The number of benzene rings is 1. The molecule has 0 radical (unpaired) electrons.